The first-order chi connectivity index (χ1) is 7.88. The zero-order valence-corrected chi connectivity index (χ0v) is 9.05. The molecule has 2 nitrogen and oxygen atoms in total. The number of amides is 1. The Balaban J connectivity index is 2.38. The van der Waals surface area contributed by atoms with Crippen molar-refractivity contribution in [3.63, 3.8) is 0 Å². The van der Waals surface area contributed by atoms with E-state index in [1.54, 1.807) is 6.07 Å². The number of nitrogens with two attached hydrogens (primary N) is 1. The first kappa shape index (κ1) is 12.0. The van der Waals surface area contributed by atoms with Crippen molar-refractivity contribution in [1.29, 1.82) is 0 Å². The van der Waals surface area contributed by atoms with Crippen LogP contribution in [0.2, 0.25) is 0 Å². The van der Waals surface area contributed by atoms with E-state index >= 15 is 0 Å². The second kappa shape index (κ2) is 4.05. The number of carbonyl (C=O) groups excluding carboxylic acids is 1. The summed E-state index contributed by atoms with van der Waals surface area (Å²) >= 11 is 0. The molecule has 0 heterocycles. The van der Waals surface area contributed by atoms with E-state index in [9.17, 15) is 18.0 Å². The van der Waals surface area contributed by atoms with Crippen molar-refractivity contribution in [2.24, 2.45) is 11.7 Å². The molecule has 0 bridgehead atoms. The van der Waals surface area contributed by atoms with E-state index in [1.165, 1.54) is 6.07 Å². The average Bonchev–Trinajstić information content (AvgIpc) is 3.00. The molecule has 0 radical (unpaired) electrons. The molecule has 1 amide bonds. The lowest BCUT2D eigenvalue weighted by Crippen LogP contribution is -2.19. The maximum Gasteiger partial charge on any atom is 0.417 e. The summed E-state index contributed by atoms with van der Waals surface area (Å²) in [6.45, 7) is 0. The molecule has 92 valence electrons. The van der Waals surface area contributed by atoms with Gasteiger partial charge in [-0.2, -0.15) is 13.2 Å². The van der Waals surface area contributed by atoms with Crippen molar-refractivity contribution >= 4 is 5.91 Å². The molecule has 5 heteroatoms. The van der Waals surface area contributed by atoms with Crippen LogP contribution in [0.1, 0.15) is 34.3 Å². The van der Waals surface area contributed by atoms with Crippen molar-refractivity contribution in [3.8, 4) is 0 Å². The summed E-state index contributed by atoms with van der Waals surface area (Å²) in [5, 5.41) is 0. The average molecular weight is 243 g/mol. The highest BCUT2D eigenvalue weighted by molar-refractivity contribution is 5.94. The number of halogens is 3. The Hall–Kier alpha value is -1.52. The molecule has 0 atom stereocenters. The zero-order chi connectivity index (χ0) is 12.6. The minimum absolute atomic E-state index is 0.461. The highest BCUT2D eigenvalue weighted by Gasteiger charge is 2.35. The Kier molecular flexibility index (Phi) is 2.85. The fourth-order valence-corrected chi connectivity index (χ4v) is 1.82. The van der Waals surface area contributed by atoms with Crippen LogP contribution >= 0.6 is 0 Å². The van der Waals surface area contributed by atoms with Crippen LogP contribution in [0.5, 0.6) is 0 Å². The van der Waals surface area contributed by atoms with Gasteiger partial charge in [-0.25, -0.2) is 0 Å². The Morgan fingerprint density at radius 1 is 1.35 bits per heavy atom. The van der Waals surface area contributed by atoms with E-state index < -0.39 is 23.2 Å². The Morgan fingerprint density at radius 2 is 2.00 bits per heavy atom. The molecule has 0 spiro atoms. The zero-order valence-electron chi connectivity index (χ0n) is 9.05. The van der Waals surface area contributed by atoms with Gasteiger partial charge in [0.15, 0.2) is 0 Å². The summed E-state index contributed by atoms with van der Waals surface area (Å²) < 4.78 is 38.2. The van der Waals surface area contributed by atoms with Gasteiger partial charge in [0.2, 0.25) is 5.91 Å². The first-order valence-corrected chi connectivity index (χ1v) is 5.38. The number of benzene rings is 1. The monoisotopic (exact) mass is 243 g/mol. The van der Waals surface area contributed by atoms with Gasteiger partial charge in [0.05, 0.1) is 11.1 Å². The van der Waals surface area contributed by atoms with Gasteiger partial charge in [-0.05, 0) is 42.9 Å². The lowest BCUT2D eigenvalue weighted by atomic mass is 10.00. The molecule has 1 saturated carbocycles. The van der Waals surface area contributed by atoms with Gasteiger partial charge in [0.25, 0.3) is 0 Å². The molecule has 1 fully saturated rings. The molecule has 0 saturated heterocycles. The van der Waals surface area contributed by atoms with E-state index in [2.05, 4.69) is 0 Å². The topological polar surface area (TPSA) is 43.1 Å². The molecule has 1 aromatic carbocycles. The van der Waals surface area contributed by atoms with E-state index in [4.69, 9.17) is 5.73 Å². The second-order valence-corrected chi connectivity index (χ2v) is 4.39. The van der Waals surface area contributed by atoms with Crippen molar-refractivity contribution in [1.82, 2.24) is 0 Å². The third kappa shape index (κ3) is 2.78. The van der Waals surface area contributed by atoms with Gasteiger partial charge < -0.3 is 5.73 Å². The molecule has 17 heavy (non-hydrogen) atoms. The number of carbonyl (C=O) groups is 1. The van der Waals surface area contributed by atoms with Crippen LogP contribution in [0, 0.1) is 5.92 Å². The van der Waals surface area contributed by atoms with Gasteiger partial charge >= 0.3 is 6.18 Å². The third-order valence-electron chi connectivity index (χ3n) is 2.88. The summed E-state index contributed by atoms with van der Waals surface area (Å²) in [7, 11) is 0. The standard InChI is InChI=1S/C12H12F3NO/c13-12(14,15)10-6-8(5-7-1-2-7)3-4-9(10)11(16)17/h3-4,6-7H,1-2,5H2,(H2,16,17). The minimum Gasteiger partial charge on any atom is -0.366 e. The van der Waals surface area contributed by atoms with Crippen molar-refractivity contribution < 1.29 is 18.0 Å². The summed E-state index contributed by atoms with van der Waals surface area (Å²) in [6.07, 6.45) is -1.76. The van der Waals surface area contributed by atoms with Crippen LogP contribution in [-0.2, 0) is 12.6 Å². The number of hydrogen-bond donors (Lipinski definition) is 1. The van der Waals surface area contributed by atoms with Crippen LogP contribution < -0.4 is 5.73 Å². The molecule has 1 aliphatic carbocycles. The third-order valence-corrected chi connectivity index (χ3v) is 2.88. The molecular formula is C12H12F3NO. The molecule has 2 rings (SSSR count). The summed E-state index contributed by atoms with van der Waals surface area (Å²) in [5.74, 6) is -0.550. The fraction of sp³-hybridized carbons (Fsp3) is 0.417. The Bertz CT molecular complexity index is 450. The molecular weight excluding hydrogens is 231 g/mol. The van der Waals surface area contributed by atoms with Gasteiger partial charge in [-0.3, -0.25) is 4.79 Å². The van der Waals surface area contributed by atoms with Crippen LogP contribution in [0.4, 0.5) is 13.2 Å². The van der Waals surface area contributed by atoms with Crippen LogP contribution in [0.15, 0.2) is 18.2 Å². The normalized spacial score (nSPS) is 15.9. The minimum atomic E-state index is -4.54. The van der Waals surface area contributed by atoms with Gasteiger partial charge in [0, 0.05) is 0 Å². The molecule has 1 aliphatic rings. The van der Waals surface area contributed by atoms with Gasteiger partial charge in [-0.1, -0.05) is 6.07 Å². The summed E-state index contributed by atoms with van der Waals surface area (Å²) in [6, 6.07) is 3.76. The Labute approximate surface area is 96.6 Å². The molecule has 0 aliphatic heterocycles. The van der Waals surface area contributed by atoms with E-state index in [1.807, 2.05) is 0 Å². The molecule has 0 aromatic heterocycles. The van der Waals surface area contributed by atoms with Crippen molar-refractivity contribution in [2.45, 2.75) is 25.4 Å². The highest BCUT2D eigenvalue weighted by Crippen LogP contribution is 2.36. The number of rotatable bonds is 3. The smallest absolute Gasteiger partial charge is 0.366 e. The predicted molar refractivity (Wildman–Crippen MR) is 56.4 cm³/mol. The predicted octanol–water partition coefficient (Wildman–Crippen LogP) is 2.76. The number of primary amides is 1. The first-order valence-electron chi connectivity index (χ1n) is 5.38. The van der Waals surface area contributed by atoms with E-state index in [0.29, 0.717) is 17.9 Å². The van der Waals surface area contributed by atoms with Crippen molar-refractivity contribution in [3.05, 3.63) is 34.9 Å². The summed E-state index contributed by atoms with van der Waals surface area (Å²) in [4.78, 5) is 10.9. The van der Waals surface area contributed by atoms with E-state index in [-0.39, 0.29) is 0 Å². The van der Waals surface area contributed by atoms with E-state index in [0.717, 1.165) is 18.9 Å². The highest BCUT2D eigenvalue weighted by atomic mass is 19.4. The number of hydrogen-bond acceptors (Lipinski definition) is 1. The lowest BCUT2D eigenvalue weighted by molar-refractivity contribution is -0.138. The molecule has 2 N–H and O–H groups in total. The second-order valence-electron chi connectivity index (χ2n) is 4.39. The molecule has 1 aromatic rings. The maximum absolute atomic E-state index is 12.7. The number of alkyl halides is 3. The van der Waals surface area contributed by atoms with Crippen LogP contribution in [0.3, 0.4) is 0 Å². The Morgan fingerprint density at radius 3 is 2.47 bits per heavy atom. The quantitative estimate of drug-likeness (QED) is 0.871. The van der Waals surface area contributed by atoms with Crippen LogP contribution in [0.25, 0.3) is 0 Å². The SMILES string of the molecule is NC(=O)c1ccc(CC2CC2)cc1C(F)(F)F. The fourth-order valence-electron chi connectivity index (χ4n) is 1.82. The van der Waals surface area contributed by atoms with Crippen molar-refractivity contribution in [2.75, 3.05) is 0 Å². The lowest BCUT2D eigenvalue weighted by Gasteiger charge is -2.12. The van der Waals surface area contributed by atoms with Crippen LogP contribution in [-0.4, -0.2) is 5.91 Å². The van der Waals surface area contributed by atoms with Gasteiger partial charge in [0.1, 0.15) is 0 Å². The summed E-state index contributed by atoms with van der Waals surface area (Å²) in [5.41, 5.74) is 4.16. The largest absolute Gasteiger partial charge is 0.417 e. The maximum atomic E-state index is 12.7. The molecule has 0 unspecified atom stereocenters. The van der Waals surface area contributed by atoms with Gasteiger partial charge in [-0.15, -0.1) is 0 Å².